The molecule has 0 unspecified atom stereocenters. The Bertz CT molecular complexity index is 3040. The predicted molar refractivity (Wildman–Crippen MR) is 216 cm³/mol. The molecule has 0 aliphatic heterocycles. The van der Waals surface area contributed by atoms with E-state index < -0.39 is 6.04 Å². The van der Waals surface area contributed by atoms with Crippen molar-refractivity contribution in [3.63, 3.8) is 0 Å². The first-order chi connectivity index (χ1) is 27.4. The van der Waals surface area contributed by atoms with Gasteiger partial charge in [0.1, 0.15) is 11.2 Å². The van der Waals surface area contributed by atoms with E-state index in [1.165, 1.54) is 0 Å². The molecule has 0 aliphatic carbocycles. The van der Waals surface area contributed by atoms with Crippen molar-refractivity contribution in [3.8, 4) is 55.6 Å². The monoisotopic (exact) mass is 653 g/mol. The highest BCUT2D eigenvalue weighted by atomic mass is 16.3. The highest BCUT2D eigenvalue weighted by molar-refractivity contribution is 6.26. The highest BCUT2D eigenvalue weighted by Gasteiger charge is 2.21. The van der Waals surface area contributed by atoms with Gasteiger partial charge < -0.3 is 4.42 Å². The molecule has 0 fully saturated rings. The van der Waals surface area contributed by atoms with E-state index >= 15 is 0 Å². The fourth-order valence-corrected chi connectivity index (χ4v) is 7.68. The zero-order chi connectivity index (χ0) is 38.1. The van der Waals surface area contributed by atoms with Crippen LogP contribution in [0, 0.1) is 0 Å². The molecule has 0 radical (unpaired) electrons. The van der Waals surface area contributed by atoms with Crippen molar-refractivity contribution in [2.45, 2.75) is 0 Å². The number of hydrogen-bond acceptors (Lipinski definition) is 1. The molecular weight excluding hydrogens is 617 g/mol. The van der Waals surface area contributed by atoms with Crippen LogP contribution in [-0.2, 0) is 0 Å². The van der Waals surface area contributed by atoms with Crippen molar-refractivity contribution in [2.24, 2.45) is 0 Å². The van der Waals surface area contributed by atoms with Crippen LogP contribution < -0.4 is 0 Å². The fourth-order valence-electron chi connectivity index (χ4n) is 7.68. The van der Waals surface area contributed by atoms with Gasteiger partial charge in [0.2, 0.25) is 0 Å². The van der Waals surface area contributed by atoms with E-state index in [9.17, 15) is 0 Å². The fraction of sp³-hybridized carbons (Fsp3) is 0. The lowest BCUT2D eigenvalue weighted by atomic mass is 9.83. The van der Waals surface area contributed by atoms with Crippen molar-refractivity contribution in [3.05, 3.63) is 194 Å². The molecule has 10 rings (SSSR count). The lowest BCUT2D eigenvalue weighted by Crippen LogP contribution is -1.92. The minimum Gasteiger partial charge on any atom is -0.456 e. The van der Waals surface area contributed by atoms with Gasteiger partial charge in [-0.1, -0.05) is 158 Å². The van der Waals surface area contributed by atoms with Crippen molar-refractivity contribution in [2.75, 3.05) is 0 Å². The van der Waals surface area contributed by atoms with Crippen LogP contribution in [-0.4, -0.2) is 0 Å². The quantitative estimate of drug-likeness (QED) is 0.169. The van der Waals surface area contributed by atoms with E-state index in [1.807, 2.05) is 36.4 Å². The third-order valence-corrected chi connectivity index (χ3v) is 9.92. The number of furan rings is 1. The second kappa shape index (κ2) is 12.0. The van der Waals surface area contributed by atoms with Crippen molar-refractivity contribution < 1.29 is 11.3 Å². The second-order valence-corrected chi connectivity index (χ2v) is 12.9. The van der Waals surface area contributed by atoms with E-state index in [0.29, 0.717) is 16.7 Å². The van der Waals surface area contributed by atoms with Gasteiger partial charge in [-0.15, -0.1) is 0 Å². The molecular formula is C50H32O. The van der Waals surface area contributed by atoms with E-state index in [4.69, 9.17) is 11.3 Å². The maximum absolute atomic E-state index is 8.68. The van der Waals surface area contributed by atoms with Crippen LogP contribution in [0.25, 0.3) is 99.1 Å². The molecule has 1 heterocycles. The van der Waals surface area contributed by atoms with Gasteiger partial charge in [-0.05, 0) is 114 Å². The predicted octanol–water partition coefficient (Wildman–Crippen LogP) is 14.2. The lowest BCUT2D eigenvalue weighted by Gasteiger charge is -2.19. The summed E-state index contributed by atoms with van der Waals surface area (Å²) in [6.45, 7) is 0. The van der Waals surface area contributed by atoms with Crippen LogP contribution in [0.1, 0.15) is 6.85 Å². The Morgan fingerprint density at radius 1 is 0.333 bits per heavy atom. The molecule has 0 bridgehead atoms. The molecule has 0 saturated carbocycles. The van der Waals surface area contributed by atoms with Crippen LogP contribution >= 0.6 is 0 Å². The summed E-state index contributed by atoms with van der Waals surface area (Å²) in [7, 11) is 0. The number of benzene rings is 9. The van der Waals surface area contributed by atoms with Crippen LogP contribution in [0.4, 0.5) is 0 Å². The van der Waals surface area contributed by atoms with Crippen molar-refractivity contribution in [1.82, 2.24) is 0 Å². The average molecular weight is 654 g/mol. The van der Waals surface area contributed by atoms with Crippen LogP contribution in [0.2, 0.25) is 0 Å². The SMILES string of the molecule is [2H]c1c([2H])c([2H])c(-c2ccc3oc4cccc(-c5c6ccccc6c(-c6cc(-c7ccccc7)cc(-c7ccccc7)c6)c6ccccc56)c4c3c2)c([2H])c1[2H]. The molecule has 0 saturated heterocycles. The highest BCUT2D eigenvalue weighted by Crippen LogP contribution is 2.48. The Balaban J connectivity index is 1.27. The first-order valence-corrected chi connectivity index (χ1v) is 17.1. The standard InChI is InChI=1S/C50H32O/c1-4-15-33(16-5-1)36-27-28-46-45(32-36)50-44(25-14-26-47(50)51-46)49-42-23-12-10-21-40(42)48(41-22-11-13-24-43(41)49)39-30-37(34-17-6-2-7-18-34)29-38(31-39)35-19-8-3-9-20-35/h1-32H/i1D,4D,5D,15D,16D. The molecule has 0 aliphatic rings. The minimum absolute atomic E-state index is 0.164. The normalized spacial score (nSPS) is 12.9. The summed E-state index contributed by atoms with van der Waals surface area (Å²) in [4.78, 5) is 0. The average Bonchev–Trinajstić information content (AvgIpc) is 3.63. The number of fused-ring (bicyclic) bond motifs is 5. The zero-order valence-electron chi connectivity index (χ0n) is 32.5. The molecule has 51 heavy (non-hydrogen) atoms. The van der Waals surface area contributed by atoms with Gasteiger partial charge in [-0.2, -0.15) is 0 Å². The molecule has 1 nitrogen and oxygen atoms in total. The first-order valence-electron chi connectivity index (χ1n) is 19.6. The van der Waals surface area contributed by atoms with Gasteiger partial charge in [0.25, 0.3) is 0 Å². The maximum atomic E-state index is 8.68. The first kappa shape index (κ1) is 24.4. The van der Waals surface area contributed by atoms with Gasteiger partial charge in [0.05, 0.1) is 6.85 Å². The number of rotatable bonds is 5. The molecule has 9 aromatic carbocycles. The summed E-state index contributed by atoms with van der Waals surface area (Å²) in [5.74, 6) is 0. The molecule has 0 atom stereocenters. The van der Waals surface area contributed by atoms with Gasteiger partial charge in [-0.3, -0.25) is 0 Å². The van der Waals surface area contributed by atoms with Crippen molar-refractivity contribution >= 4 is 43.5 Å². The molecule has 1 aromatic heterocycles. The van der Waals surface area contributed by atoms with Gasteiger partial charge >= 0.3 is 0 Å². The smallest absolute Gasteiger partial charge is 0.136 e. The topological polar surface area (TPSA) is 13.1 Å². The zero-order valence-corrected chi connectivity index (χ0v) is 27.5. The second-order valence-electron chi connectivity index (χ2n) is 12.9. The Hall–Kier alpha value is -6.70. The minimum atomic E-state index is -0.411. The lowest BCUT2D eigenvalue weighted by molar-refractivity contribution is 0.669. The van der Waals surface area contributed by atoms with Gasteiger partial charge in [-0.25, -0.2) is 0 Å². The molecule has 0 N–H and O–H groups in total. The van der Waals surface area contributed by atoms with Crippen LogP contribution in [0.15, 0.2) is 198 Å². The summed E-state index contributed by atoms with van der Waals surface area (Å²) in [5.41, 5.74) is 11.0. The summed E-state index contributed by atoms with van der Waals surface area (Å²) in [6, 6.07) is 55.1. The van der Waals surface area contributed by atoms with Crippen LogP contribution in [0.3, 0.4) is 0 Å². The molecule has 0 amide bonds. The van der Waals surface area contributed by atoms with Gasteiger partial charge in [0.15, 0.2) is 0 Å². The van der Waals surface area contributed by atoms with E-state index in [2.05, 4.69) is 121 Å². The van der Waals surface area contributed by atoms with Crippen molar-refractivity contribution in [1.29, 1.82) is 0 Å². The van der Waals surface area contributed by atoms with E-state index in [0.717, 1.165) is 76.8 Å². The largest absolute Gasteiger partial charge is 0.456 e. The Kier molecular flexibility index (Phi) is 5.76. The Morgan fingerprint density at radius 2 is 0.882 bits per heavy atom. The molecule has 238 valence electrons. The summed E-state index contributed by atoms with van der Waals surface area (Å²) >= 11 is 0. The third-order valence-electron chi connectivity index (χ3n) is 9.92. The Morgan fingerprint density at radius 3 is 1.49 bits per heavy atom. The van der Waals surface area contributed by atoms with Crippen LogP contribution in [0.5, 0.6) is 0 Å². The maximum Gasteiger partial charge on any atom is 0.136 e. The summed E-state index contributed by atoms with van der Waals surface area (Å²) < 4.78 is 48.6. The molecule has 0 spiro atoms. The summed E-state index contributed by atoms with van der Waals surface area (Å²) in [6.07, 6.45) is 0. The Labute approximate surface area is 303 Å². The summed E-state index contributed by atoms with van der Waals surface area (Å²) in [5, 5.41) is 6.13. The van der Waals surface area contributed by atoms with E-state index in [1.54, 1.807) is 6.07 Å². The molecule has 10 aromatic rings. The van der Waals surface area contributed by atoms with Gasteiger partial charge in [0, 0.05) is 10.8 Å². The molecule has 1 heteroatoms. The number of hydrogen-bond donors (Lipinski definition) is 0. The third kappa shape index (κ3) is 4.94. The van der Waals surface area contributed by atoms with E-state index in [-0.39, 0.29) is 29.7 Å².